The van der Waals surface area contributed by atoms with Crippen molar-refractivity contribution in [3.63, 3.8) is 0 Å². The van der Waals surface area contributed by atoms with Crippen molar-refractivity contribution in [1.82, 2.24) is 5.32 Å². The molecule has 32 heavy (non-hydrogen) atoms. The Morgan fingerprint density at radius 3 is 2.66 bits per heavy atom. The quantitative estimate of drug-likeness (QED) is 0.714. The molecule has 4 fully saturated rings. The Morgan fingerprint density at radius 2 is 2.00 bits per heavy atom. The van der Waals surface area contributed by atoms with Crippen molar-refractivity contribution in [3.8, 4) is 0 Å². The van der Waals surface area contributed by atoms with Gasteiger partial charge in [-0.25, -0.2) is 0 Å². The fourth-order valence-electron chi connectivity index (χ4n) is 7.47. The SMILES string of the molecule is CC(C)CC(=O)N[C@H]1C(C)(C)[C@@H]2C[C@@H]3[C@@H](c4ccc(N5CCCC5=O)cc4)OCCC31C2. The number of carbonyl (C=O) groups is 2. The van der Waals surface area contributed by atoms with Crippen LogP contribution in [0.2, 0.25) is 0 Å². The zero-order chi connectivity index (χ0) is 22.7. The van der Waals surface area contributed by atoms with Crippen LogP contribution in [0, 0.1) is 28.6 Å². The van der Waals surface area contributed by atoms with Crippen molar-refractivity contribution in [2.24, 2.45) is 28.6 Å². The highest BCUT2D eigenvalue weighted by atomic mass is 16.5. The van der Waals surface area contributed by atoms with Gasteiger partial charge >= 0.3 is 0 Å². The van der Waals surface area contributed by atoms with Crippen molar-refractivity contribution >= 4 is 17.5 Å². The molecule has 2 amide bonds. The van der Waals surface area contributed by atoms with E-state index in [9.17, 15) is 9.59 Å². The fourth-order valence-corrected chi connectivity index (χ4v) is 7.47. The van der Waals surface area contributed by atoms with E-state index >= 15 is 0 Å². The standard InChI is InChI=1S/C27H38N2O3/c1-17(2)14-22(30)28-25-26(3,4)19-15-21-24(32-13-11-27(21,25)16-19)18-7-9-20(10-8-18)29-12-5-6-23(29)31/h7-10,17,19,21,24-25H,5-6,11-16H2,1-4H3,(H,28,30)/t19-,21-,24-,25+,27?/m1/s1. The van der Waals surface area contributed by atoms with Gasteiger partial charge in [-0.15, -0.1) is 0 Å². The normalized spacial score (nSPS) is 35.4. The molecule has 2 aliphatic carbocycles. The molecule has 5 rings (SSSR count). The monoisotopic (exact) mass is 438 g/mol. The first-order valence-corrected chi connectivity index (χ1v) is 12.5. The Bertz CT molecular complexity index is 893. The number of benzene rings is 1. The zero-order valence-electron chi connectivity index (χ0n) is 20.0. The van der Waals surface area contributed by atoms with Crippen molar-refractivity contribution < 1.29 is 14.3 Å². The third-order valence-electron chi connectivity index (χ3n) is 9.01. The number of carbonyl (C=O) groups excluding carboxylic acids is 2. The number of nitrogens with zero attached hydrogens (tertiary/aromatic N) is 1. The lowest BCUT2D eigenvalue weighted by Crippen LogP contribution is -2.59. The summed E-state index contributed by atoms with van der Waals surface area (Å²) in [5, 5.41) is 3.51. The first kappa shape index (κ1) is 21.9. The Kier molecular flexibility index (Phi) is 5.39. The Hall–Kier alpha value is -1.88. The van der Waals surface area contributed by atoms with Crippen LogP contribution in [0.4, 0.5) is 5.69 Å². The molecule has 1 spiro atoms. The lowest BCUT2D eigenvalue weighted by molar-refractivity contribution is -0.137. The highest BCUT2D eigenvalue weighted by molar-refractivity contribution is 5.95. The van der Waals surface area contributed by atoms with Crippen LogP contribution < -0.4 is 10.2 Å². The van der Waals surface area contributed by atoms with Gasteiger partial charge in [0.15, 0.2) is 0 Å². The average Bonchev–Trinajstić information content (AvgIpc) is 3.40. The summed E-state index contributed by atoms with van der Waals surface area (Å²) < 4.78 is 6.40. The summed E-state index contributed by atoms with van der Waals surface area (Å²) in [6.45, 7) is 10.5. The number of hydrogen-bond donors (Lipinski definition) is 1. The van der Waals surface area contributed by atoms with Crippen LogP contribution in [0.25, 0.3) is 0 Å². The summed E-state index contributed by atoms with van der Waals surface area (Å²) >= 11 is 0. The summed E-state index contributed by atoms with van der Waals surface area (Å²) in [6, 6.07) is 8.70. The fraction of sp³-hybridized carbons (Fsp3) is 0.704. The van der Waals surface area contributed by atoms with Gasteiger partial charge in [-0.2, -0.15) is 0 Å². The molecule has 2 saturated heterocycles. The molecule has 2 heterocycles. The predicted octanol–water partition coefficient (Wildman–Crippen LogP) is 4.86. The maximum absolute atomic E-state index is 12.8. The van der Waals surface area contributed by atoms with Crippen LogP contribution in [0.1, 0.15) is 77.9 Å². The van der Waals surface area contributed by atoms with E-state index in [1.54, 1.807) is 0 Å². The minimum atomic E-state index is 0.0673. The maximum Gasteiger partial charge on any atom is 0.227 e. The third kappa shape index (κ3) is 3.39. The van der Waals surface area contributed by atoms with E-state index in [2.05, 4.69) is 57.3 Å². The molecule has 0 aromatic heterocycles. The molecule has 5 atom stereocenters. The number of anilines is 1. The van der Waals surface area contributed by atoms with Crippen LogP contribution in [0.3, 0.4) is 0 Å². The van der Waals surface area contributed by atoms with E-state index in [-0.39, 0.29) is 34.8 Å². The van der Waals surface area contributed by atoms with Gasteiger partial charge in [-0.3, -0.25) is 9.59 Å². The maximum atomic E-state index is 12.8. The predicted molar refractivity (Wildman–Crippen MR) is 125 cm³/mol. The number of ether oxygens (including phenoxy) is 1. The van der Waals surface area contributed by atoms with Crippen LogP contribution in [-0.4, -0.2) is 31.0 Å². The highest BCUT2D eigenvalue weighted by Crippen LogP contribution is 2.70. The second-order valence-electron chi connectivity index (χ2n) is 11.7. The van der Waals surface area contributed by atoms with Crippen LogP contribution in [0.5, 0.6) is 0 Å². The second-order valence-corrected chi connectivity index (χ2v) is 11.7. The average molecular weight is 439 g/mol. The molecule has 2 aliphatic heterocycles. The van der Waals surface area contributed by atoms with Crippen molar-refractivity contribution in [3.05, 3.63) is 29.8 Å². The van der Waals surface area contributed by atoms with Crippen molar-refractivity contribution in [2.45, 2.75) is 78.4 Å². The van der Waals surface area contributed by atoms with Gasteiger partial charge in [0.2, 0.25) is 11.8 Å². The molecule has 1 aromatic rings. The smallest absolute Gasteiger partial charge is 0.227 e. The van der Waals surface area contributed by atoms with Gasteiger partial charge in [0, 0.05) is 37.7 Å². The number of hydrogen-bond acceptors (Lipinski definition) is 3. The van der Waals surface area contributed by atoms with E-state index in [1.807, 2.05) is 4.90 Å². The number of rotatable bonds is 5. The van der Waals surface area contributed by atoms with E-state index in [4.69, 9.17) is 4.74 Å². The van der Waals surface area contributed by atoms with Gasteiger partial charge in [0.25, 0.3) is 0 Å². The van der Waals surface area contributed by atoms with E-state index < -0.39 is 0 Å². The van der Waals surface area contributed by atoms with E-state index in [0.29, 0.717) is 30.6 Å². The van der Waals surface area contributed by atoms with Gasteiger partial charge in [0.1, 0.15) is 0 Å². The molecule has 1 aromatic carbocycles. The minimum Gasteiger partial charge on any atom is -0.373 e. The Labute approximate surface area is 192 Å². The molecule has 1 N–H and O–H groups in total. The Balaban J connectivity index is 1.40. The van der Waals surface area contributed by atoms with E-state index in [1.165, 1.54) is 18.4 Å². The van der Waals surface area contributed by atoms with Gasteiger partial charge < -0.3 is 15.0 Å². The largest absolute Gasteiger partial charge is 0.373 e. The van der Waals surface area contributed by atoms with Gasteiger partial charge in [-0.05, 0) is 72.0 Å². The van der Waals surface area contributed by atoms with Crippen LogP contribution in [0.15, 0.2) is 24.3 Å². The second kappa shape index (κ2) is 7.86. The molecule has 5 nitrogen and oxygen atoms in total. The molecular formula is C27H38N2O3. The Morgan fingerprint density at radius 1 is 1.25 bits per heavy atom. The lowest BCUT2D eigenvalue weighted by Gasteiger charge is -2.53. The topological polar surface area (TPSA) is 58.6 Å². The number of amides is 2. The summed E-state index contributed by atoms with van der Waals surface area (Å²) in [5.74, 6) is 1.83. The van der Waals surface area contributed by atoms with Gasteiger partial charge in [0.05, 0.1) is 6.10 Å². The van der Waals surface area contributed by atoms with Crippen molar-refractivity contribution in [1.29, 1.82) is 0 Å². The lowest BCUT2D eigenvalue weighted by atomic mass is 9.59. The number of nitrogens with one attached hydrogen (secondary N) is 1. The summed E-state index contributed by atoms with van der Waals surface area (Å²) in [6.07, 6.45) is 5.64. The molecule has 5 heteroatoms. The molecular weight excluding hydrogens is 400 g/mol. The highest BCUT2D eigenvalue weighted by Gasteiger charge is 2.68. The minimum absolute atomic E-state index is 0.0673. The molecule has 4 aliphatic rings. The molecule has 1 unspecified atom stereocenters. The zero-order valence-corrected chi connectivity index (χ0v) is 20.0. The van der Waals surface area contributed by atoms with Crippen molar-refractivity contribution in [2.75, 3.05) is 18.1 Å². The summed E-state index contributed by atoms with van der Waals surface area (Å²) in [5.41, 5.74) is 2.44. The molecule has 2 bridgehead atoms. The summed E-state index contributed by atoms with van der Waals surface area (Å²) in [7, 11) is 0. The molecule has 174 valence electrons. The first-order chi connectivity index (χ1) is 15.2. The molecule has 2 saturated carbocycles. The molecule has 0 radical (unpaired) electrons. The van der Waals surface area contributed by atoms with Crippen LogP contribution >= 0.6 is 0 Å². The summed E-state index contributed by atoms with van der Waals surface area (Å²) in [4.78, 5) is 26.8. The number of fused-ring (bicyclic) bond motifs is 1. The van der Waals surface area contributed by atoms with E-state index in [0.717, 1.165) is 31.7 Å². The first-order valence-electron chi connectivity index (χ1n) is 12.5. The third-order valence-corrected chi connectivity index (χ3v) is 9.01. The van der Waals surface area contributed by atoms with Crippen LogP contribution in [-0.2, 0) is 14.3 Å². The van der Waals surface area contributed by atoms with Gasteiger partial charge in [-0.1, -0.05) is 39.8 Å².